The van der Waals surface area contributed by atoms with E-state index in [0.717, 1.165) is 0 Å². The monoisotopic (exact) mass is 305 g/mol. The number of nitrogens with zero attached hydrogens (tertiary/aromatic N) is 2. The van der Waals surface area contributed by atoms with E-state index < -0.39 is 18.3 Å². The summed E-state index contributed by atoms with van der Waals surface area (Å²) in [7, 11) is 0. The smallest absolute Gasteiger partial charge is 0.367 e. The van der Waals surface area contributed by atoms with Crippen molar-refractivity contribution < 1.29 is 17.6 Å². The Morgan fingerprint density at radius 1 is 1.10 bits per heavy atom. The van der Waals surface area contributed by atoms with Crippen molar-refractivity contribution in [1.29, 1.82) is 0 Å². The number of para-hydroxylation sites is 1. The molecule has 1 fully saturated rings. The second-order valence-corrected chi connectivity index (χ2v) is 5.32. The predicted molar refractivity (Wildman–Crippen MR) is 73.7 cm³/mol. The summed E-state index contributed by atoms with van der Waals surface area (Å²) in [5.74, 6) is -0.356. The highest BCUT2D eigenvalue weighted by atomic mass is 19.4. The maximum Gasteiger partial charge on any atom is 0.405 e. The topological polar surface area (TPSA) is 32.5 Å². The van der Waals surface area contributed by atoms with Gasteiger partial charge in [0.05, 0.1) is 5.69 Å². The summed E-state index contributed by atoms with van der Waals surface area (Å²) in [6.07, 6.45) is -4.35. The predicted octanol–water partition coefficient (Wildman–Crippen LogP) is 2.23. The van der Waals surface area contributed by atoms with Gasteiger partial charge in [-0.2, -0.15) is 13.2 Å². The zero-order valence-electron chi connectivity index (χ0n) is 11.8. The summed E-state index contributed by atoms with van der Waals surface area (Å²) >= 11 is 0. The molecule has 1 heterocycles. The maximum atomic E-state index is 13.7. The lowest BCUT2D eigenvalue weighted by atomic mass is 10.1. The number of nitrogens with two attached hydrogens (primary N) is 1. The van der Waals surface area contributed by atoms with Crippen LogP contribution in [0.15, 0.2) is 24.3 Å². The van der Waals surface area contributed by atoms with Crippen LogP contribution in [0, 0.1) is 5.82 Å². The molecule has 21 heavy (non-hydrogen) atoms. The van der Waals surface area contributed by atoms with Crippen molar-refractivity contribution in [2.75, 3.05) is 31.1 Å². The van der Waals surface area contributed by atoms with Crippen molar-refractivity contribution in [2.24, 2.45) is 5.73 Å². The van der Waals surface area contributed by atoms with E-state index in [1.165, 1.54) is 17.9 Å². The summed E-state index contributed by atoms with van der Waals surface area (Å²) in [6, 6.07) is 3.64. The average molecular weight is 305 g/mol. The van der Waals surface area contributed by atoms with Crippen LogP contribution in [0.3, 0.4) is 0 Å². The maximum absolute atomic E-state index is 13.7. The Morgan fingerprint density at radius 2 is 1.67 bits per heavy atom. The highest BCUT2D eigenvalue weighted by Crippen LogP contribution is 2.28. The fraction of sp³-hybridized carbons (Fsp3) is 0.571. The molecular formula is C14H19F4N3. The van der Waals surface area contributed by atoms with E-state index in [1.54, 1.807) is 23.1 Å². The van der Waals surface area contributed by atoms with Crippen LogP contribution >= 0.6 is 0 Å². The van der Waals surface area contributed by atoms with Gasteiger partial charge in [0.25, 0.3) is 0 Å². The van der Waals surface area contributed by atoms with E-state index in [2.05, 4.69) is 0 Å². The summed E-state index contributed by atoms with van der Waals surface area (Å²) in [6.45, 7) is 2.47. The van der Waals surface area contributed by atoms with Crippen molar-refractivity contribution in [3.63, 3.8) is 0 Å². The molecule has 1 aliphatic heterocycles. The Hall–Kier alpha value is -1.34. The minimum Gasteiger partial charge on any atom is -0.367 e. The Kier molecular flexibility index (Phi) is 4.73. The largest absolute Gasteiger partial charge is 0.405 e. The van der Waals surface area contributed by atoms with Crippen LogP contribution < -0.4 is 10.6 Å². The Bertz CT molecular complexity index is 468. The number of anilines is 1. The van der Waals surface area contributed by atoms with Crippen molar-refractivity contribution >= 4 is 5.69 Å². The molecule has 0 spiro atoms. The van der Waals surface area contributed by atoms with Crippen LogP contribution in [0.2, 0.25) is 0 Å². The molecule has 0 amide bonds. The van der Waals surface area contributed by atoms with Gasteiger partial charge in [0.2, 0.25) is 0 Å². The molecule has 0 aromatic heterocycles. The standard InChI is InChI=1S/C14H19F4N3/c1-10(19)13(14(16,17)18)21-8-6-20(7-9-21)12-5-3-2-4-11(12)15/h2-5,10,13H,6-9,19H2,1H3. The lowest BCUT2D eigenvalue weighted by Gasteiger charge is -2.42. The Balaban J connectivity index is 2.04. The number of alkyl halides is 3. The lowest BCUT2D eigenvalue weighted by molar-refractivity contribution is -0.188. The summed E-state index contributed by atoms with van der Waals surface area (Å²) in [5, 5.41) is 0. The van der Waals surface area contributed by atoms with Crippen molar-refractivity contribution in [3.05, 3.63) is 30.1 Å². The molecule has 2 rings (SSSR count). The third kappa shape index (κ3) is 3.65. The molecule has 2 atom stereocenters. The molecule has 0 radical (unpaired) electrons. The van der Waals surface area contributed by atoms with Gasteiger partial charge in [-0.3, -0.25) is 4.90 Å². The number of hydrogen-bond acceptors (Lipinski definition) is 3. The van der Waals surface area contributed by atoms with E-state index in [-0.39, 0.29) is 18.9 Å². The molecule has 1 aromatic carbocycles. The zero-order chi connectivity index (χ0) is 15.6. The second-order valence-electron chi connectivity index (χ2n) is 5.32. The summed E-state index contributed by atoms with van der Waals surface area (Å²) in [4.78, 5) is 3.10. The van der Waals surface area contributed by atoms with Crippen LogP contribution in [0.5, 0.6) is 0 Å². The van der Waals surface area contributed by atoms with Crippen molar-refractivity contribution in [1.82, 2.24) is 4.90 Å². The highest BCUT2D eigenvalue weighted by molar-refractivity contribution is 5.48. The number of benzene rings is 1. The molecule has 0 bridgehead atoms. The SMILES string of the molecule is CC(N)C(N1CCN(c2ccccc2F)CC1)C(F)(F)F. The van der Waals surface area contributed by atoms with Crippen molar-refractivity contribution in [3.8, 4) is 0 Å². The second kappa shape index (κ2) is 6.19. The number of rotatable bonds is 3. The van der Waals surface area contributed by atoms with Crippen LogP contribution in [-0.2, 0) is 0 Å². The van der Waals surface area contributed by atoms with E-state index >= 15 is 0 Å². The van der Waals surface area contributed by atoms with E-state index in [9.17, 15) is 17.6 Å². The number of halogens is 4. The van der Waals surface area contributed by atoms with E-state index in [4.69, 9.17) is 5.73 Å². The molecular weight excluding hydrogens is 286 g/mol. The van der Waals surface area contributed by atoms with E-state index in [0.29, 0.717) is 18.8 Å². The van der Waals surface area contributed by atoms with Gasteiger partial charge in [0.15, 0.2) is 0 Å². The molecule has 2 N–H and O–H groups in total. The third-order valence-electron chi connectivity index (χ3n) is 3.73. The number of piperazine rings is 1. The molecule has 1 aromatic rings. The summed E-state index contributed by atoms with van der Waals surface area (Å²) < 4.78 is 52.8. The molecule has 1 saturated heterocycles. The third-order valence-corrected chi connectivity index (χ3v) is 3.73. The lowest BCUT2D eigenvalue weighted by Crippen LogP contribution is -2.60. The quantitative estimate of drug-likeness (QED) is 0.869. The fourth-order valence-corrected chi connectivity index (χ4v) is 2.79. The first-order valence-corrected chi connectivity index (χ1v) is 6.86. The highest BCUT2D eigenvalue weighted by Gasteiger charge is 2.46. The van der Waals surface area contributed by atoms with Crippen molar-refractivity contribution in [2.45, 2.75) is 25.2 Å². The van der Waals surface area contributed by atoms with Gasteiger partial charge in [-0.05, 0) is 19.1 Å². The summed E-state index contributed by atoms with van der Waals surface area (Å²) in [5.41, 5.74) is 5.92. The van der Waals surface area contributed by atoms with Gasteiger partial charge in [0, 0.05) is 32.2 Å². The van der Waals surface area contributed by atoms with Gasteiger partial charge in [-0.25, -0.2) is 4.39 Å². The normalized spacial score (nSPS) is 20.4. The van der Waals surface area contributed by atoms with Crippen LogP contribution in [-0.4, -0.2) is 49.3 Å². The van der Waals surface area contributed by atoms with Crippen LogP contribution in [0.1, 0.15) is 6.92 Å². The van der Waals surface area contributed by atoms with E-state index in [1.807, 2.05) is 0 Å². The Labute approximate surface area is 121 Å². The first-order chi connectivity index (χ1) is 9.80. The minimum absolute atomic E-state index is 0.208. The fourth-order valence-electron chi connectivity index (χ4n) is 2.79. The molecule has 0 saturated carbocycles. The molecule has 118 valence electrons. The molecule has 3 nitrogen and oxygen atoms in total. The molecule has 7 heteroatoms. The zero-order valence-corrected chi connectivity index (χ0v) is 11.8. The van der Waals surface area contributed by atoms with Crippen LogP contribution in [0.4, 0.5) is 23.2 Å². The molecule has 2 unspecified atom stereocenters. The van der Waals surface area contributed by atoms with Gasteiger partial charge < -0.3 is 10.6 Å². The Morgan fingerprint density at radius 3 is 2.14 bits per heavy atom. The van der Waals surface area contributed by atoms with Crippen LogP contribution in [0.25, 0.3) is 0 Å². The van der Waals surface area contributed by atoms with Gasteiger partial charge >= 0.3 is 6.18 Å². The minimum atomic E-state index is -4.35. The van der Waals surface area contributed by atoms with Gasteiger partial charge in [-0.1, -0.05) is 12.1 Å². The first kappa shape index (κ1) is 16.0. The molecule has 1 aliphatic rings. The number of hydrogen-bond donors (Lipinski definition) is 1. The average Bonchev–Trinajstić information content (AvgIpc) is 2.38. The van der Waals surface area contributed by atoms with Gasteiger partial charge in [0.1, 0.15) is 11.9 Å². The molecule has 0 aliphatic carbocycles. The first-order valence-electron chi connectivity index (χ1n) is 6.86. The van der Waals surface area contributed by atoms with Gasteiger partial charge in [-0.15, -0.1) is 0 Å².